The number of aromatic nitrogens is 3. The van der Waals surface area contributed by atoms with Crippen molar-refractivity contribution in [1.82, 2.24) is 20.5 Å². The first kappa shape index (κ1) is 16.4. The van der Waals surface area contributed by atoms with Crippen molar-refractivity contribution in [1.29, 1.82) is 0 Å². The molecule has 132 valence electrons. The summed E-state index contributed by atoms with van der Waals surface area (Å²) < 4.78 is 0. The van der Waals surface area contributed by atoms with E-state index in [1.165, 1.54) is 12.7 Å². The molecule has 0 saturated heterocycles. The van der Waals surface area contributed by atoms with Gasteiger partial charge in [-0.2, -0.15) is 5.10 Å². The van der Waals surface area contributed by atoms with Crippen molar-refractivity contribution in [3.8, 4) is 0 Å². The van der Waals surface area contributed by atoms with Gasteiger partial charge in [0.05, 0.1) is 11.0 Å². The Bertz CT molecular complexity index is 624. The van der Waals surface area contributed by atoms with Gasteiger partial charge >= 0.3 is 0 Å². The molecule has 24 heavy (non-hydrogen) atoms. The standard InChI is InChI=1S/C17H26N4O2S/c1-2-15-5-12-6-16(8-15,10-17(23,7-12)9-15)13(22)18-3-4-24-14-19-11-20-21-14/h11-12,23H,2-10H2,1H3,(H,18,22)(H,19,20,21). The van der Waals surface area contributed by atoms with Crippen molar-refractivity contribution >= 4 is 17.7 Å². The Kier molecular flexibility index (Phi) is 3.91. The van der Waals surface area contributed by atoms with E-state index < -0.39 is 5.60 Å². The number of aliphatic hydroxyl groups is 1. The zero-order valence-corrected chi connectivity index (χ0v) is 15.0. The minimum atomic E-state index is -0.610. The summed E-state index contributed by atoms with van der Waals surface area (Å²) in [6.07, 6.45) is 8.11. The van der Waals surface area contributed by atoms with Gasteiger partial charge in [-0.15, -0.1) is 0 Å². The summed E-state index contributed by atoms with van der Waals surface area (Å²) in [7, 11) is 0. The maximum Gasteiger partial charge on any atom is 0.226 e. The maximum atomic E-state index is 13.0. The third-order valence-corrected chi connectivity index (χ3v) is 7.28. The van der Waals surface area contributed by atoms with E-state index in [2.05, 4.69) is 27.4 Å². The first-order chi connectivity index (χ1) is 11.5. The molecule has 4 fully saturated rings. The van der Waals surface area contributed by atoms with E-state index in [1.807, 2.05) is 0 Å². The highest BCUT2D eigenvalue weighted by atomic mass is 32.2. The van der Waals surface area contributed by atoms with Gasteiger partial charge in [0, 0.05) is 12.3 Å². The van der Waals surface area contributed by atoms with Crippen LogP contribution in [-0.4, -0.2) is 44.1 Å². The van der Waals surface area contributed by atoms with Crippen molar-refractivity contribution in [3.63, 3.8) is 0 Å². The minimum Gasteiger partial charge on any atom is -0.390 e. The lowest BCUT2D eigenvalue weighted by molar-refractivity contribution is -0.204. The fraction of sp³-hybridized carbons (Fsp3) is 0.824. The smallest absolute Gasteiger partial charge is 0.226 e. The summed E-state index contributed by atoms with van der Waals surface area (Å²) in [5, 5.41) is 21.5. The molecule has 6 nitrogen and oxygen atoms in total. The molecule has 0 aliphatic heterocycles. The molecule has 4 aliphatic rings. The number of thioether (sulfide) groups is 1. The number of aromatic amines is 1. The molecular formula is C17H26N4O2S. The molecule has 4 aliphatic carbocycles. The van der Waals surface area contributed by atoms with Crippen molar-refractivity contribution in [2.75, 3.05) is 12.3 Å². The van der Waals surface area contributed by atoms with Crippen LogP contribution < -0.4 is 5.32 Å². The van der Waals surface area contributed by atoms with Gasteiger partial charge in [-0.05, 0) is 49.9 Å². The predicted octanol–water partition coefficient (Wildman–Crippen LogP) is 2.12. The lowest BCUT2D eigenvalue weighted by Gasteiger charge is -2.64. The fourth-order valence-corrected chi connectivity index (χ4v) is 6.63. The molecule has 1 aromatic rings. The molecule has 3 N–H and O–H groups in total. The van der Waals surface area contributed by atoms with Gasteiger partial charge in [-0.3, -0.25) is 9.89 Å². The van der Waals surface area contributed by atoms with Gasteiger partial charge < -0.3 is 10.4 Å². The van der Waals surface area contributed by atoms with E-state index in [4.69, 9.17) is 0 Å². The van der Waals surface area contributed by atoms with Crippen LogP contribution in [0, 0.1) is 16.7 Å². The Labute approximate surface area is 146 Å². The van der Waals surface area contributed by atoms with E-state index in [-0.39, 0.29) is 16.7 Å². The van der Waals surface area contributed by atoms with Crippen molar-refractivity contribution in [3.05, 3.63) is 6.33 Å². The molecule has 0 radical (unpaired) electrons. The summed E-state index contributed by atoms with van der Waals surface area (Å²) in [4.78, 5) is 17.1. The van der Waals surface area contributed by atoms with Crippen molar-refractivity contribution < 1.29 is 9.90 Å². The van der Waals surface area contributed by atoms with Crippen LogP contribution in [-0.2, 0) is 4.79 Å². The third kappa shape index (κ3) is 2.75. The van der Waals surface area contributed by atoms with Crippen LogP contribution in [0.25, 0.3) is 0 Å². The number of nitrogens with one attached hydrogen (secondary N) is 2. The highest BCUT2D eigenvalue weighted by Crippen LogP contribution is 2.67. The quantitative estimate of drug-likeness (QED) is 0.540. The van der Waals surface area contributed by atoms with Gasteiger partial charge in [-0.1, -0.05) is 25.1 Å². The lowest BCUT2D eigenvalue weighted by Crippen LogP contribution is -2.63. The first-order valence-corrected chi connectivity index (χ1v) is 9.94. The topological polar surface area (TPSA) is 90.9 Å². The van der Waals surface area contributed by atoms with E-state index >= 15 is 0 Å². The molecule has 0 spiro atoms. The van der Waals surface area contributed by atoms with Crippen LogP contribution in [0.5, 0.6) is 0 Å². The van der Waals surface area contributed by atoms with Gasteiger partial charge in [0.1, 0.15) is 6.33 Å². The van der Waals surface area contributed by atoms with E-state index in [9.17, 15) is 9.90 Å². The molecule has 4 unspecified atom stereocenters. The number of H-pyrrole nitrogens is 1. The minimum absolute atomic E-state index is 0.154. The molecule has 7 heteroatoms. The van der Waals surface area contributed by atoms with E-state index in [0.29, 0.717) is 18.9 Å². The monoisotopic (exact) mass is 350 g/mol. The summed E-state index contributed by atoms with van der Waals surface area (Å²) in [5.41, 5.74) is -0.775. The Morgan fingerprint density at radius 1 is 1.42 bits per heavy atom. The van der Waals surface area contributed by atoms with Crippen LogP contribution in [0.3, 0.4) is 0 Å². The van der Waals surface area contributed by atoms with Gasteiger partial charge in [0.25, 0.3) is 0 Å². The van der Waals surface area contributed by atoms with Crippen LogP contribution in [0.2, 0.25) is 0 Å². The Hall–Kier alpha value is -1.08. The largest absolute Gasteiger partial charge is 0.390 e. The number of hydrogen-bond donors (Lipinski definition) is 3. The Morgan fingerprint density at radius 2 is 2.29 bits per heavy atom. The normalized spacial score (nSPS) is 40.0. The van der Waals surface area contributed by atoms with E-state index in [1.54, 1.807) is 11.8 Å². The van der Waals surface area contributed by atoms with Gasteiger partial charge in [0.15, 0.2) is 5.16 Å². The second-order valence-corrected chi connectivity index (χ2v) is 9.35. The number of amides is 1. The molecule has 0 aromatic carbocycles. The fourth-order valence-electron chi connectivity index (χ4n) is 6.00. The number of carbonyl (C=O) groups excluding carboxylic acids is 1. The zero-order chi connectivity index (χ0) is 16.8. The molecular weight excluding hydrogens is 324 g/mol. The first-order valence-electron chi connectivity index (χ1n) is 8.96. The molecule has 4 atom stereocenters. The van der Waals surface area contributed by atoms with E-state index in [0.717, 1.165) is 43.0 Å². The van der Waals surface area contributed by atoms with Crippen LogP contribution >= 0.6 is 11.8 Å². The van der Waals surface area contributed by atoms with Gasteiger partial charge in [0.2, 0.25) is 5.91 Å². The van der Waals surface area contributed by atoms with Crippen LogP contribution in [0.4, 0.5) is 0 Å². The SMILES string of the molecule is CCC12CC3CC(O)(C1)CC(C(=O)NCCSc1ncn[nH]1)(C3)C2. The molecule has 1 aromatic heterocycles. The molecule has 1 heterocycles. The summed E-state index contributed by atoms with van der Waals surface area (Å²) in [6, 6.07) is 0. The highest BCUT2D eigenvalue weighted by Gasteiger charge is 2.64. The maximum absolute atomic E-state index is 13.0. The van der Waals surface area contributed by atoms with Crippen LogP contribution in [0.1, 0.15) is 51.9 Å². The second kappa shape index (κ2) is 5.73. The number of hydrogen-bond acceptors (Lipinski definition) is 5. The van der Waals surface area contributed by atoms with Crippen molar-refractivity contribution in [2.24, 2.45) is 16.7 Å². The molecule has 5 rings (SSSR count). The third-order valence-electron chi connectivity index (χ3n) is 6.41. The van der Waals surface area contributed by atoms with Gasteiger partial charge in [-0.25, -0.2) is 4.98 Å². The molecule has 4 bridgehead atoms. The van der Waals surface area contributed by atoms with Crippen molar-refractivity contribution in [2.45, 2.75) is 62.6 Å². The Balaban J connectivity index is 1.40. The van der Waals surface area contributed by atoms with Crippen LogP contribution in [0.15, 0.2) is 11.5 Å². The summed E-state index contributed by atoms with van der Waals surface area (Å²) in [6.45, 7) is 2.84. The molecule has 1 amide bonds. The number of rotatable bonds is 6. The number of carbonyl (C=O) groups is 1. The predicted molar refractivity (Wildman–Crippen MR) is 91.4 cm³/mol. The average Bonchev–Trinajstić information content (AvgIpc) is 3.02. The zero-order valence-electron chi connectivity index (χ0n) is 14.2. The highest BCUT2D eigenvalue weighted by molar-refractivity contribution is 7.99. The average molecular weight is 350 g/mol. The number of nitrogens with zero attached hydrogens (tertiary/aromatic N) is 2. The summed E-state index contributed by atoms with van der Waals surface area (Å²) in [5.74, 6) is 1.44. The molecule has 4 saturated carbocycles. The Morgan fingerprint density at radius 3 is 3.00 bits per heavy atom. The summed E-state index contributed by atoms with van der Waals surface area (Å²) >= 11 is 1.56. The second-order valence-electron chi connectivity index (χ2n) is 8.26. The lowest BCUT2D eigenvalue weighted by atomic mass is 9.42.